The maximum absolute atomic E-state index is 13.0. The standard InChI is InChI=1S/C23H25N3O6/c1-5-10-26-16-9-7-6-8-15(16)21(27)20(23(26)29)22(28)25-24-13-14-11-18(31-3)19(32-4)12-17(14)30-2/h6-9,11-13,27H,5,10H2,1-4H3,(H,25,28). The number of aromatic hydroxyl groups is 1. The molecule has 0 radical (unpaired) electrons. The zero-order valence-corrected chi connectivity index (χ0v) is 18.3. The van der Waals surface area contributed by atoms with Gasteiger partial charge in [0.15, 0.2) is 11.5 Å². The molecule has 0 saturated heterocycles. The number of benzene rings is 2. The molecule has 0 saturated carbocycles. The van der Waals surface area contributed by atoms with E-state index in [4.69, 9.17) is 14.2 Å². The summed E-state index contributed by atoms with van der Waals surface area (Å²) in [5, 5.41) is 15.0. The van der Waals surface area contributed by atoms with E-state index in [1.807, 2.05) is 6.92 Å². The lowest BCUT2D eigenvalue weighted by Crippen LogP contribution is -2.31. The Labute approximate surface area is 184 Å². The predicted octanol–water partition coefficient (Wildman–Crippen LogP) is 2.91. The number of hydrogen-bond donors (Lipinski definition) is 2. The van der Waals surface area contributed by atoms with Crippen LogP contribution >= 0.6 is 0 Å². The molecule has 0 atom stereocenters. The normalized spacial score (nSPS) is 11.0. The first-order chi connectivity index (χ1) is 15.5. The summed E-state index contributed by atoms with van der Waals surface area (Å²) in [5.74, 6) is 0.173. The Balaban J connectivity index is 1.97. The van der Waals surface area contributed by atoms with Crippen LogP contribution in [0.3, 0.4) is 0 Å². The van der Waals surface area contributed by atoms with Crippen LogP contribution in [0.4, 0.5) is 0 Å². The summed E-state index contributed by atoms with van der Waals surface area (Å²) < 4.78 is 17.3. The van der Waals surface area contributed by atoms with Crippen LogP contribution in [0.2, 0.25) is 0 Å². The van der Waals surface area contributed by atoms with E-state index in [1.165, 1.54) is 32.1 Å². The number of para-hydroxylation sites is 1. The minimum absolute atomic E-state index is 0.367. The van der Waals surface area contributed by atoms with Crippen molar-refractivity contribution in [2.75, 3.05) is 21.3 Å². The molecule has 0 aliphatic rings. The fourth-order valence-corrected chi connectivity index (χ4v) is 3.41. The van der Waals surface area contributed by atoms with Crippen LogP contribution in [0.15, 0.2) is 46.3 Å². The van der Waals surface area contributed by atoms with Crippen molar-refractivity contribution in [2.45, 2.75) is 19.9 Å². The number of nitrogens with zero attached hydrogens (tertiary/aromatic N) is 2. The van der Waals surface area contributed by atoms with E-state index in [0.717, 1.165) is 0 Å². The number of aromatic nitrogens is 1. The zero-order chi connectivity index (χ0) is 23.3. The van der Waals surface area contributed by atoms with Crippen LogP contribution in [0.25, 0.3) is 10.9 Å². The molecule has 0 fully saturated rings. The number of hydrazone groups is 1. The third-order valence-corrected chi connectivity index (χ3v) is 4.93. The third kappa shape index (κ3) is 4.22. The van der Waals surface area contributed by atoms with Crippen molar-refractivity contribution in [3.05, 3.63) is 57.9 Å². The summed E-state index contributed by atoms with van der Waals surface area (Å²) in [6.45, 7) is 2.33. The van der Waals surface area contributed by atoms with E-state index in [1.54, 1.807) is 36.4 Å². The Morgan fingerprint density at radius 3 is 2.41 bits per heavy atom. The third-order valence-electron chi connectivity index (χ3n) is 4.93. The lowest BCUT2D eigenvalue weighted by molar-refractivity contribution is 0.0950. The van der Waals surface area contributed by atoms with E-state index in [0.29, 0.717) is 46.7 Å². The van der Waals surface area contributed by atoms with Gasteiger partial charge in [0.25, 0.3) is 11.5 Å². The molecule has 9 nitrogen and oxygen atoms in total. The summed E-state index contributed by atoms with van der Waals surface area (Å²) in [5.41, 5.74) is 2.43. The van der Waals surface area contributed by atoms with Gasteiger partial charge in [-0.15, -0.1) is 0 Å². The summed E-state index contributed by atoms with van der Waals surface area (Å²) in [7, 11) is 4.49. The molecule has 0 aliphatic carbocycles. The number of aryl methyl sites for hydroxylation is 1. The van der Waals surface area contributed by atoms with Crippen LogP contribution in [-0.4, -0.2) is 43.1 Å². The Kier molecular flexibility index (Phi) is 6.99. The molecule has 0 bridgehead atoms. The fourth-order valence-electron chi connectivity index (χ4n) is 3.41. The highest BCUT2D eigenvalue weighted by molar-refractivity contribution is 6.02. The lowest BCUT2D eigenvalue weighted by Gasteiger charge is -2.13. The molecule has 2 aromatic carbocycles. The van der Waals surface area contributed by atoms with Crippen molar-refractivity contribution >= 4 is 23.0 Å². The van der Waals surface area contributed by atoms with Crippen LogP contribution in [0.5, 0.6) is 23.0 Å². The van der Waals surface area contributed by atoms with Gasteiger partial charge in [0.1, 0.15) is 17.1 Å². The van der Waals surface area contributed by atoms with Crippen molar-refractivity contribution in [3.63, 3.8) is 0 Å². The highest BCUT2D eigenvalue weighted by atomic mass is 16.5. The van der Waals surface area contributed by atoms with Crippen LogP contribution in [-0.2, 0) is 6.54 Å². The first kappa shape index (κ1) is 22.7. The lowest BCUT2D eigenvalue weighted by atomic mass is 10.1. The van der Waals surface area contributed by atoms with E-state index in [9.17, 15) is 14.7 Å². The van der Waals surface area contributed by atoms with Crippen LogP contribution in [0, 0.1) is 0 Å². The number of methoxy groups -OCH3 is 3. The average molecular weight is 439 g/mol. The molecule has 0 spiro atoms. The molecular weight excluding hydrogens is 414 g/mol. The van der Waals surface area contributed by atoms with Crippen molar-refractivity contribution in [1.82, 2.24) is 9.99 Å². The Hall–Kier alpha value is -4.01. The van der Waals surface area contributed by atoms with Gasteiger partial charge in [-0.1, -0.05) is 19.1 Å². The van der Waals surface area contributed by atoms with Crippen molar-refractivity contribution < 1.29 is 24.1 Å². The van der Waals surface area contributed by atoms with E-state index in [2.05, 4.69) is 10.5 Å². The fraction of sp³-hybridized carbons (Fsp3) is 0.261. The molecule has 1 amide bonds. The molecular formula is C23H25N3O6. The summed E-state index contributed by atoms with van der Waals surface area (Å²) in [6, 6.07) is 10.1. The smallest absolute Gasteiger partial charge is 0.280 e. The number of fused-ring (bicyclic) bond motifs is 1. The maximum Gasteiger partial charge on any atom is 0.280 e. The second kappa shape index (κ2) is 9.86. The number of hydrogen-bond acceptors (Lipinski definition) is 7. The average Bonchev–Trinajstić information content (AvgIpc) is 2.81. The second-order valence-corrected chi connectivity index (χ2v) is 6.85. The monoisotopic (exact) mass is 439 g/mol. The summed E-state index contributed by atoms with van der Waals surface area (Å²) in [4.78, 5) is 25.7. The second-order valence-electron chi connectivity index (χ2n) is 6.85. The van der Waals surface area contributed by atoms with Gasteiger partial charge < -0.3 is 23.9 Å². The van der Waals surface area contributed by atoms with Crippen molar-refractivity contribution in [3.8, 4) is 23.0 Å². The molecule has 0 unspecified atom stereocenters. The van der Waals surface area contributed by atoms with Crippen LogP contribution < -0.4 is 25.2 Å². The molecule has 1 aromatic heterocycles. The van der Waals surface area contributed by atoms with E-state index < -0.39 is 11.5 Å². The topological polar surface area (TPSA) is 111 Å². The zero-order valence-electron chi connectivity index (χ0n) is 18.3. The summed E-state index contributed by atoms with van der Waals surface area (Å²) >= 11 is 0. The number of pyridine rings is 1. The minimum atomic E-state index is -0.821. The van der Waals surface area contributed by atoms with Gasteiger partial charge in [-0.3, -0.25) is 9.59 Å². The number of rotatable bonds is 8. The first-order valence-electron chi connectivity index (χ1n) is 9.94. The molecule has 32 heavy (non-hydrogen) atoms. The first-order valence-corrected chi connectivity index (χ1v) is 9.94. The number of carbonyl (C=O) groups is 1. The highest BCUT2D eigenvalue weighted by Gasteiger charge is 2.21. The predicted molar refractivity (Wildman–Crippen MR) is 121 cm³/mol. The quantitative estimate of drug-likeness (QED) is 0.412. The van der Waals surface area contributed by atoms with E-state index in [-0.39, 0.29) is 11.3 Å². The van der Waals surface area contributed by atoms with Gasteiger partial charge in [0.05, 0.1) is 33.1 Å². The Morgan fingerprint density at radius 1 is 1.09 bits per heavy atom. The van der Waals surface area contributed by atoms with Gasteiger partial charge >= 0.3 is 0 Å². The molecule has 3 aromatic rings. The molecule has 0 aliphatic heterocycles. The van der Waals surface area contributed by atoms with Gasteiger partial charge in [-0.25, -0.2) is 5.43 Å². The highest BCUT2D eigenvalue weighted by Crippen LogP contribution is 2.33. The minimum Gasteiger partial charge on any atom is -0.506 e. The van der Waals surface area contributed by atoms with Gasteiger partial charge in [-0.05, 0) is 24.6 Å². The van der Waals surface area contributed by atoms with Crippen LogP contribution in [0.1, 0.15) is 29.3 Å². The van der Waals surface area contributed by atoms with Crippen molar-refractivity contribution in [2.24, 2.45) is 5.10 Å². The number of ether oxygens (including phenoxy) is 3. The molecule has 168 valence electrons. The Bertz CT molecular complexity index is 1230. The molecule has 1 heterocycles. The largest absolute Gasteiger partial charge is 0.506 e. The number of amides is 1. The number of carbonyl (C=O) groups excluding carboxylic acids is 1. The Morgan fingerprint density at radius 2 is 1.75 bits per heavy atom. The number of nitrogens with one attached hydrogen (secondary N) is 1. The van der Waals surface area contributed by atoms with Crippen molar-refractivity contribution in [1.29, 1.82) is 0 Å². The van der Waals surface area contributed by atoms with Gasteiger partial charge in [0, 0.05) is 23.6 Å². The molecule has 2 N–H and O–H groups in total. The summed E-state index contributed by atoms with van der Waals surface area (Å²) in [6.07, 6.45) is 2.04. The van der Waals surface area contributed by atoms with Gasteiger partial charge in [-0.2, -0.15) is 5.10 Å². The maximum atomic E-state index is 13.0. The van der Waals surface area contributed by atoms with E-state index >= 15 is 0 Å². The van der Waals surface area contributed by atoms with Gasteiger partial charge in [0.2, 0.25) is 0 Å². The molecule has 3 rings (SSSR count). The molecule has 9 heteroatoms. The SMILES string of the molecule is CCCn1c(=O)c(C(=O)NN=Cc2cc(OC)c(OC)cc2OC)c(O)c2ccccc21.